The van der Waals surface area contributed by atoms with Crippen molar-refractivity contribution in [3.63, 3.8) is 0 Å². The second-order valence-corrected chi connectivity index (χ2v) is 4.49. The van der Waals surface area contributed by atoms with Gasteiger partial charge in [0, 0.05) is 6.61 Å². The maximum Gasteiger partial charge on any atom is 0.0661 e. The van der Waals surface area contributed by atoms with Crippen LogP contribution in [0.3, 0.4) is 0 Å². The van der Waals surface area contributed by atoms with Crippen molar-refractivity contribution in [3.8, 4) is 0 Å². The number of nitrogens with one attached hydrogen (secondary N) is 1. The predicted molar refractivity (Wildman–Crippen MR) is 73.4 cm³/mol. The first kappa shape index (κ1) is 14.2. The smallest absolute Gasteiger partial charge is 0.0661 e. The van der Waals surface area contributed by atoms with Crippen LogP contribution in [0.15, 0.2) is 18.2 Å². The van der Waals surface area contributed by atoms with Gasteiger partial charge in [-0.25, -0.2) is 0 Å². The number of hydrogen-bond donors (Lipinski definition) is 1. The highest BCUT2D eigenvalue weighted by molar-refractivity contribution is 5.36. The molecule has 0 spiro atoms. The van der Waals surface area contributed by atoms with Gasteiger partial charge in [-0.05, 0) is 43.5 Å². The van der Waals surface area contributed by atoms with Crippen molar-refractivity contribution in [2.45, 2.75) is 40.2 Å². The maximum absolute atomic E-state index is 5.70. The van der Waals surface area contributed by atoms with Crippen LogP contribution in [0.1, 0.15) is 43.0 Å². The molecule has 0 bridgehead atoms. The van der Waals surface area contributed by atoms with E-state index in [1.165, 1.54) is 16.7 Å². The van der Waals surface area contributed by atoms with E-state index in [2.05, 4.69) is 51.2 Å². The number of hydrogen-bond acceptors (Lipinski definition) is 2. The van der Waals surface area contributed by atoms with E-state index in [4.69, 9.17) is 4.74 Å². The van der Waals surface area contributed by atoms with Gasteiger partial charge < -0.3 is 10.1 Å². The number of benzene rings is 1. The summed E-state index contributed by atoms with van der Waals surface area (Å²) in [4.78, 5) is 0. The monoisotopic (exact) mass is 235 g/mol. The third kappa shape index (κ3) is 4.14. The Morgan fingerprint density at radius 2 is 1.82 bits per heavy atom. The Morgan fingerprint density at radius 1 is 1.18 bits per heavy atom. The average Bonchev–Trinajstić information content (AvgIpc) is 2.29. The minimum Gasteiger partial charge on any atom is -0.379 e. The van der Waals surface area contributed by atoms with Crippen molar-refractivity contribution in [2.75, 3.05) is 19.8 Å². The molecule has 1 aromatic carbocycles. The van der Waals surface area contributed by atoms with E-state index in [9.17, 15) is 0 Å². The van der Waals surface area contributed by atoms with E-state index in [0.717, 1.165) is 26.2 Å². The van der Waals surface area contributed by atoms with Crippen LogP contribution in [-0.2, 0) is 4.74 Å². The topological polar surface area (TPSA) is 21.3 Å². The highest BCUT2D eigenvalue weighted by atomic mass is 16.5. The van der Waals surface area contributed by atoms with Crippen LogP contribution >= 0.6 is 0 Å². The van der Waals surface area contributed by atoms with Gasteiger partial charge in [-0.3, -0.25) is 0 Å². The Balaban J connectivity index is 2.81. The summed E-state index contributed by atoms with van der Waals surface area (Å²) in [6.07, 6.45) is 1.07. The van der Waals surface area contributed by atoms with Crippen LogP contribution < -0.4 is 5.32 Å². The number of ether oxygens (including phenoxy) is 1. The van der Waals surface area contributed by atoms with Crippen molar-refractivity contribution in [1.29, 1.82) is 0 Å². The third-order valence-electron chi connectivity index (χ3n) is 2.97. The first-order valence-corrected chi connectivity index (χ1v) is 6.57. The normalized spacial score (nSPS) is 12.7. The zero-order valence-electron chi connectivity index (χ0n) is 11.5. The lowest BCUT2D eigenvalue weighted by Gasteiger charge is -2.22. The van der Waals surface area contributed by atoms with Crippen molar-refractivity contribution in [3.05, 3.63) is 34.9 Å². The summed E-state index contributed by atoms with van der Waals surface area (Å²) in [7, 11) is 0. The molecule has 0 amide bonds. The molecule has 2 nitrogen and oxygen atoms in total. The first-order chi connectivity index (χ1) is 8.20. The molecule has 0 saturated heterocycles. The molecule has 0 saturated carbocycles. The number of likely N-dealkylation sites (N-methyl/N-ethyl adjacent to an activating group) is 1. The minimum atomic E-state index is 0.313. The number of rotatable bonds is 7. The molecule has 1 rings (SSSR count). The van der Waals surface area contributed by atoms with Crippen LogP contribution in [0.4, 0.5) is 0 Å². The van der Waals surface area contributed by atoms with Gasteiger partial charge in [0.1, 0.15) is 0 Å². The predicted octanol–water partition coefficient (Wildman–Crippen LogP) is 3.38. The minimum absolute atomic E-state index is 0.313. The van der Waals surface area contributed by atoms with Gasteiger partial charge in [-0.15, -0.1) is 0 Å². The second-order valence-electron chi connectivity index (χ2n) is 4.49. The Hall–Kier alpha value is -0.860. The summed E-state index contributed by atoms with van der Waals surface area (Å²) in [5.41, 5.74) is 4.08. The largest absolute Gasteiger partial charge is 0.379 e. The zero-order chi connectivity index (χ0) is 12.7. The molecule has 0 radical (unpaired) electrons. The molecule has 0 aromatic heterocycles. The van der Waals surface area contributed by atoms with Crippen LogP contribution in [-0.4, -0.2) is 19.8 Å². The summed E-state index contributed by atoms with van der Waals surface area (Å²) in [6, 6.07) is 6.77. The first-order valence-electron chi connectivity index (χ1n) is 6.57. The standard InChI is InChI=1S/C15H25NO/c1-5-10-17-11-14(16-6-2)15-12(3)8-7-9-13(15)4/h7-9,14,16H,5-6,10-11H2,1-4H3. The third-order valence-corrected chi connectivity index (χ3v) is 2.97. The SMILES string of the molecule is CCCOCC(NCC)c1c(C)cccc1C. The fourth-order valence-corrected chi connectivity index (χ4v) is 2.21. The Bertz CT molecular complexity index is 315. The lowest BCUT2D eigenvalue weighted by Crippen LogP contribution is -2.27. The van der Waals surface area contributed by atoms with Crippen molar-refractivity contribution in [2.24, 2.45) is 0 Å². The molecule has 2 heteroatoms. The maximum atomic E-state index is 5.70. The fourth-order valence-electron chi connectivity index (χ4n) is 2.21. The molecule has 1 N–H and O–H groups in total. The van der Waals surface area contributed by atoms with Crippen molar-refractivity contribution in [1.82, 2.24) is 5.32 Å². The molecule has 1 atom stereocenters. The molecule has 1 aromatic rings. The molecule has 0 fully saturated rings. The van der Waals surface area contributed by atoms with E-state index in [0.29, 0.717) is 6.04 Å². The van der Waals surface area contributed by atoms with Gasteiger partial charge in [0.05, 0.1) is 12.6 Å². The molecule has 0 aliphatic carbocycles. The van der Waals surface area contributed by atoms with Gasteiger partial charge >= 0.3 is 0 Å². The average molecular weight is 235 g/mol. The van der Waals surface area contributed by atoms with E-state index in [1.54, 1.807) is 0 Å². The number of aryl methyl sites for hydroxylation is 2. The molecule has 0 heterocycles. The Labute approximate surface area is 105 Å². The molecular weight excluding hydrogens is 210 g/mol. The van der Waals surface area contributed by atoms with Crippen LogP contribution in [0.25, 0.3) is 0 Å². The summed E-state index contributed by atoms with van der Waals surface area (Å²) in [5, 5.41) is 3.51. The summed E-state index contributed by atoms with van der Waals surface area (Å²) in [6.45, 7) is 11.2. The summed E-state index contributed by atoms with van der Waals surface area (Å²) < 4.78 is 5.70. The van der Waals surface area contributed by atoms with E-state index in [1.807, 2.05) is 0 Å². The van der Waals surface area contributed by atoms with Crippen LogP contribution in [0, 0.1) is 13.8 Å². The molecule has 1 unspecified atom stereocenters. The van der Waals surface area contributed by atoms with Crippen LogP contribution in [0.5, 0.6) is 0 Å². The van der Waals surface area contributed by atoms with Crippen LogP contribution in [0.2, 0.25) is 0 Å². The quantitative estimate of drug-likeness (QED) is 0.732. The summed E-state index contributed by atoms with van der Waals surface area (Å²) in [5.74, 6) is 0. The highest BCUT2D eigenvalue weighted by Gasteiger charge is 2.14. The van der Waals surface area contributed by atoms with Gasteiger partial charge in [-0.2, -0.15) is 0 Å². The van der Waals surface area contributed by atoms with Gasteiger partial charge in [0.2, 0.25) is 0 Å². The summed E-state index contributed by atoms with van der Waals surface area (Å²) >= 11 is 0. The van der Waals surface area contributed by atoms with E-state index >= 15 is 0 Å². The second kappa shape index (κ2) is 7.46. The van der Waals surface area contributed by atoms with Crippen molar-refractivity contribution >= 4 is 0 Å². The lowest BCUT2D eigenvalue weighted by atomic mass is 9.96. The Morgan fingerprint density at radius 3 is 2.35 bits per heavy atom. The van der Waals surface area contributed by atoms with Crippen molar-refractivity contribution < 1.29 is 4.74 Å². The Kier molecular flexibility index (Phi) is 6.23. The molecule has 0 aliphatic heterocycles. The molecular formula is C15H25NO. The fraction of sp³-hybridized carbons (Fsp3) is 0.600. The highest BCUT2D eigenvalue weighted by Crippen LogP contribution is 2.22. The molecule has 0 aliphatic rings. The van der Waals surface area contributed by atoms with E-state index in [-0.39, 0.29) is 0 Å². The van der Waals surface area contributed by atoms with E-state index < -0.39 is 0 Å². The molecule has 96 valence electrons. The van der Waals surface area contributed by atoms with Gasteiger partial charge in [0.15, 0.2) is 0 Å². The lowest BCUT2D eigenvalue weighted by molar-refractivity contribution is 0.112. The molecule has 17 heavy (non-hydrogen) atoms. The van der Waals surface area contributed by atoms with Gasteiger partial charge in [-0.1, -0.05) is 32.0 Å². The zero-order valence-corrected chi connectivity index (χ0v) is 11.5. The van der Waals surface area contributed by atoms with Gasteiger partial charge in [0.25, 0.3) is 0 Å².